The minimum atomic E-state index is -0.449. The maximum Gasteiger partial charge on any atom is 0.271 e. The zero-order valence-electron chi connectivity index (χ0n) is 19.5. The Morgan fingerprint density at radius 3 is 2.89 bits per heavy atom. The molecular weight excluding hydrogens is 466 g/mol. The lowest BCUT2D eigenvalue weighted by Gasteiger charge is -2.26. The van der Waals surface area contributed by atoms with Crippen molar-refractivity contribution in [2.24, 2.45) is 5.10 Å². The number of fused-ring (bicyclic) bond motifs is 1. The number of ether oxygens (including phenoxy) is 2. The van der Waals surface area contributed by atoms with Crippen LogP contribution in [0.4, 0.5) is 0 Å². The molecule has 0 radical (unpaired) electrons. The summed E-state index contributed by atoms with van der Waals surface area (Å²) in [6, 6.07) is 18.6. The van der Waals surface area contributed by atoms with Crippen molar-refractivity contribution in [3.8, 4) is 17.2 Å². The van der Waals surface area contributed by atoms with Crippen LogP contribution in [0.1, 0.15) is 45.9 Å². The summed E-state index contributed by atoms with van der Waals surface area (Å²) in [5.41, 5.74) is 6.23. The van der Waals surface area contributed by atoms with Crippen molar-refractivity contribution in [3.63, 3.8) is 0 Å². The molecule has 3 N–H and O–H groups in total. The van der Waals surface area contributed by atoms with Gasteiger partial charge in [0.2, 0.25) is 0 Å². The first-order chi connectivity index (χ1) is 17.0. The van der Waals surface area contributed by atoms with E-state index in [0.717, 1.165) is 19.4 Å². The van der Waals surface area contributed by atoms with E-state index in [0.29, 0.717) is 29.7 Å². The Hall–Kier alpha value is -3.55. The van der Waals surface area contributed by atoms with Gasteiger partial charge in [-0.05, 0) is 60.7 Å². The van der Waals surface area contributed by atoms with Gasteiger partial charge in [-0.15, -0.1) is 0 Å². The zero-order chi connectivity index (χ0) is 24.6. The first kappa shape index (κ1) is 24.6. The van der Waals surface area contributed by atoms with E-state index in [4.69, 9.17) is 21.1 Å². The number of methoxy groups -OCH3 is 1. The van der Waals surface area contributed by atoms with Gasteiger partial charge in [0.25, 0.3) is 5.91 Å². The Bertz CT molecular complexity index is 1210. The molecule has 4 rings (SSSR count). The summed E-state index contributed by atoms with van der Waals surface area (Å²) < 4.78 is 11.4. The van der Waals surface area contributed by atoms with E-state index in [1.807, 2.05) is 12.1 Å². The van der Waals surface area contributed by atoms with Crippen LogP contribution in [-0.4, -0.2) is 37.5 Å². The van der Waals surface area contributed by atoms with Gasteiger partial charge in [0, 0.05) is 29.8 Å². The van der Waals surface area contributed by atoms with Crippen LogP contribution in [0, 0.1) is 0 Å². The van der Waals surface area contributed by atoms with Gasteiger partial charge >= 0.3 is 0 Å². The fraction of sp³-hybridized carbons (Fsp3) is 0.259. The molecule has 0 bridgehead atoms. The number of phenols is 1. The molecule has 0 aromatic heterocycles. The Kier molecular flexibility index (Phi) is 8.23. The predicted molar refractivity (Wildman–Crippen MR) is 137 cm³/mol. The third-order valence-corrected chi connectivity index (χ3v) is 6.22. The van der Waals surface area contributed by atoms with Gasteiger partial charge in [-0.2, -0.15) is 5.10 Å². The van der Waals surface area contributed by atoms with E-state index >= 15 is 0 Å². The van der Waals surface area contributed by atoms with Gasteiger partial charge in [0.15, 0.2) is 0 Å². The lowest BCUT2D eigenvalue weighted by Crippen LogP contribution is -2.28. The number of phenolic OH excluding ortho intramolecular Hbond substituents is 1. The van der Waals surface area contributed by atoms with Crippen LogP contribution in [0.3, 0.4) is 0 Å². The Balaban J connectivity index is 1.28. The number of rotatable bonds is 9. The molecule has 0 spiro atoms. The first-order valence-corrected chi connectivity index (χ1v) is 11.9. The molecule has 1 amide bonds. The molecule has 0 saturated carbocycles. The monoisotopic (exact) mass is 493 g/mol. The lowest BCUT2D eigenvalue weighted by atomic mass is 9.88. The Morgan fingerprint density at radius 1 is 1.20 bits per heavy atom. The molecule has 0 fully saturated rings. The fourth-order valence-electron chi connectivity index (χ4n) is 4.13. The van der Waals surface area contributed by atoms with Crippen molar-refractivity contribution in [3.05, 3.63) is 87.9 Å². The van der Waals surface area contributed by atoms with Crippen LogP contribution in [0.15, 0.2) is 65.8 Å². The second-order valence-electron chi connectivity index (χ2n) is 8.22. The quantitative estimate of drug-likeness (QED) is 0.225. The molecule has 1 aliphatic carbocycles. The molecule has 0 heterocycles. The normalized spacial score (nSPS) is 15.0. The molecule has 0 aliphatic heterocycles. The summed E-state index contributed by atoms with van der Waals surface area (Å²) >= 11 is 5.85. The van der Waals surface area contributed by atoms with Crippen LogP contribution in [-0.2, 0) is 6.42 Å². The summed E-state index contributed by atoms with van der Waals surface area (Å²) in [4.78, 5) is 12.2. The number of nitrogens with zero attached hydrogens (tertiary/aromatic N) is 1. The van der Waals surface area contributed by atoms with Crippen LogP contribution >= 0.6 is 11.6 Å². The van der Waals surface area contributed by atoms with Gasteiger partial charge in [0.1, 0.15) is 23.9 Å². The minimum Gasteiger partial charge on any atom is -0.506 e. The molecule has 3 aromatic carbocycles. The zero-order valence-corrected chi connectivity index (χ0v) is 20.2. The second kappa shape index (κ2) is 11.7. The van der Waals surface area contributed by atoms with E-state index in [2.05, 4.69) is 40.1 Å². The third-order valence-electron chi connectivity index (χ3n) is 5.92. The largest absolute Gasteiger partial charge is 0.506 e. The number of amides is 1. The molecular formula is C27H28ClN3O4. The SMILES string of the molecule is COc1cc(OCCNC2CCCc3ccccc32)ccc1/C=N/NC(=O)c1ccc(O)c(Cl)c1. The molecule has 0 saturated heterocycles. The molecule has 3 aromatic rings. The number of hydrazone groups is 1. The van der Waals surface area contributed by atoms with Crippen LogP contribution in [0.25, 0.3) is 0 Å². The number of halogens is 1. The molecule has 182 valence electrons. The van der Waals surface area contributed by atoms with Gasteiger partial charge in [-0.25, -0.2) is 5.43 Å². The predicted octanol–water partition coefficient (Wildman–Crippen LogP) is 4.86. The smallest absolute Gasteiger partial charge is 0.271 e. The van der Waals surface area contributed by atoms with Crippen LogP contribution in [0.2, 0.25) is 5.02 Å². The number of aromatic hydroxyl groups is 1. The summed E-state index contributed by atoms with van der Waals surface area (Å²) in [6.45, 7) is 1.26. The van der Waals surface area contributed by atoms with Crippen molar-refractivity contribution >= 4 is 23.7 Å². The first-order valence-electron chi connectivity index (χ1n) is 11.5. The number of carbonyl (C=O) groups is 1. The maximum atomic E-state index is 12.2. The summed E-state index contributed by atoms with van der Waals surface area (Å²) in [7, 11) is 1.57. The van der Waals surface area contributed by atoms with Crippen LogP contribution < -0.4 is 20.2 Å². The average Bonchev–Trinajstić information content (AvgIpc) is 2.88. The number of nitrogens with one attached hydrogen (secondary N) is 2. The van der Waals surface area contributed by atoms with Crippen molar-refractivity contribution in [1.82, 2.24) is 10.7 Å². The molecule has 1 aliphatic rings. The maximum absolute atomic E-state index is 12.2. The number of carbonyl (C=O) groups excluding carboxylic acids is 1. The van der Waals surface area contributed by atoms with E-state index < -0.39 is 5.91 Å². The van der Waals surface area contributed by atoms with Gasteiger partial charge < -0.3 is 19.9 Å². The van der Waals surface area contributed by atoms with Gasteiger partial charge in [-0.3, -0.25) is 4.79 Å². The molecule has 1 unspecified atom stereocenters. The lowest BCUT2D eigenvalue weighted by molar-refractivity contribution is 0.0955. The van der Waals surface area contributed by atoms with Crippen molar-refractivity contribution in [2.45, 2.75) is 25.3 Å². The highest BCUT2D eigenvalue weighted by molar-refractivity contribution is 6.32. The van der Waals surface area contributed by atoms with Crippen molar-refractivity contribution < 1.29 is 19.4 Å². The van der Waals surface area contributed by atoms with Gasteiger partial charge in [0.05, 0.1) is 18.3 Å². The van der Waals surface area contributed by atoms with E-state index in [1.54, 1.807) is 13.2 Å². The number of hydrogen-bond donors (Lipinski definition) is 3. The number of aryl methyl sites for hydroxylation is 1. The minimum absolute atomic E-state index is 0.0890. The third kappa shape index (κ3) is 6.32. The summed E-state index contributed by atoms with van der Waals surface area (Å²) in [5.74, 6) is 0.721. The number of benzene rings is 3. The highest BCUT2D eigenvalue weighted by atomic mass is 35.5. The molecule has 35 heavy (non-hydrogen) atoms. The highest BCUT2D eigenvalue weighted by Gasteiger charge is 2.18. The van der Waals surface area contributed by atoms with Crippen molar-refractivity contribution in [1.29, 1.82) is 0 Å². The Morgan fingerprint density at radius 2 is 2.06 bits per heavy atom. The molecule has 1 atom stereocenters. The number of hydrogen-bond acceptors (Lipinski definition) is 6. The van der Waals surface area contributed by atoms with E-state index in [-0.39, 0.29) is 16.3 Å². The topological polar surface area (TPSA) is 92.2 Å². The Labute approximate surface area is 209 Å². The molecule has 7 nitrogen and oxygen atoms in total. The van der Waals surface area contributed by atoms with Gasteiger partial charge in [-0.1, -0.05) is 35.9 Å². The fourth-order valence-corrected chi connectivity index (χ4v) is 4.31. The van der Waals surface area contributed by atoms with Crippen LogP contribution in [0.5, 0.6) is 17.2 Å². The standard InChI is InChI=1S/C27H28ClN3O4/c1-34-26-16-21(35-14-13-29-24-8-4-6-18-5-2-3-7-22(18)24)11-9-20(26)17-30-31-27(33)19-10-12-25(32)23(28)15-19/h2-3,5,7,9-12,15-17,24,29,32H,4,6,8,13-14H2,1H3,(H,31,33)/b30-17+. The average molecular weight is 494 g/mol. The van der Waals surface area contributed by atoms with E-state index in [1.165, 1.54) is 42.0 Å². The van der Waals surface area contributed by atoms with E-state index in [9.17, 15) is 9.90 Å². The molecule has 8 heteroatoms. The summed E-state index contributed by atoms with van der Waals surface area (Å²) in [5, 5.41) is 17.2. The highest BCUT2D eigenvalue weighted by Crippen LogP contribution is 2.29. The second-order valence-corrected chi connectivity index (χ2v) is 8.62. The summed E-state index contributed by atoms with van der Waals surface area (Å²) in [6.07, 6.45) is 4.97. The van der Waals surface area contributed by atoms with Crippen molar-refractivity contribution in [2.75, 3.05) is 20.3 Å².